The molecule has 1 aromatic carbocycles. The number of Topliss-reactive ketones (excluding diaryl/α,β-unsaturated/α-hetero) is 1. The number of rotatable bonds is 17. The smallest absolute Gasteiger partial charge is 0.398 e. The fraction of sp³-hybridized carbons (Fsp3) is 0.708. The molecule has 0 N–H and O–H groups in total. The van der Waals surface area contributed by atoms with Crippen molar-refractivity contribution in [1.82, 2.24) is 0 Å². The zero-order chi connectivity index (χ0) is 20.7. The Hall–Kier alpha value is -1.13. The minimum absolute atomic E-state index is 0.0817. The molecule has 0 atom stereocenters. The molecule has 0 saturated heterocycles. The van der Waals surface area contributed by atoms with Crippen LogP contribution in [0.15, 0.2) is 24.3 Å². The summed E-state index contributed by atoms with van der Waals surface area (Å²) in [5.41, 5.74) is 0.721. The highest BCUT2D eigenvalue weighted by molar-refractivity contribution is 6.68. The first-order valence-electron chi connectivity index (χ1n) is 11.5. The summed E-state index contributed by atoms with van der Waals surface area (Å²) in [6, 6.07) is 9.35. The summed E-state index contributed by atoms with van der Waals surface area (Å²) < 4.78 is 12.7. The first-order chi connectivity index (χ1) is 13.6. The molecule has 4 heteroatoms. The number of benzene rings is 1. The van der Waals surface area contributed by atoms with Crippen LogP contribution in [0.25, 0.3) is 0 Å². The van der Waals surface area contributed by atoms with Gasteiger partial charge in [0.05, 0.1) is 0 Å². The highest BCUT2D eigenvalue weighted by Gasteiger charge is 2.35. The molecule has 0 unspecified atom stereocenters. The van der Waals surface area contributed by atoms with E-state index in [1.54, 1.807) is 6.92 Å². The molecule has 0 aliphatic heterocycles. The van der Waals surface area contributed by atoms with Crippen molar-refractivity contribution in [2.45, 2.75) is 104 Å². The zero-order valence-corrected chi connectivity index (χ0v) is 19.7. The van der Waals surface area contributed by atoms with Crippen LogP contribution in [0.2, 0.25) is 12.1 Å². The number of hydrogen-bond acceptors (Lipinski definition) is 3. The average molecular weight is 407 g/mol. The summed E-state index contributed by atoms with van der Waals surface area (Å²) in [6.07, 6.45) is 13.4. The third-order valence-electron chi connectivity index (χ3n) is 5.51. The lowest BCUT2D eigenvalue weighted by Crippen LogP contribution is -2.44. The molecule has 1 aromatic rings. The van der Waals surface area contributed by atoms with Gasteiger partial charge in [0.2, 0.25) is 0 Å². The van der Waals surface area contributed by atoms with Gasteiger partial charge in [-0.15, -0.1) is 0 Å². The van der Waals surface area contributed by atoms with E-state index in [1.165, 1.54) is 57.8 Å². The molecule has 0 aliphatic carbocycles. The highest BCUT2D eigenvalue weighted by Crippen LogP contribution is 2.24. The van der Waals surface area contributed by atoms with Crippen LogP contribution in [-0.2, 0) is 4.43 Å². The van der Waals surface area contributed by atoms with Crippen molar-refractivity contribution in [3.63, 3.8) is 0 Å². The fourth-order valence-corrected chi connectivity index (χ4v) is 5.79. The van der Waals surface area contributed by atoms with Gasteiger partial charge in [0.15, 0.2) is 5.78 Å². The van der Waals surface area contributed by atoms with E-state index < -0.39 is 8.56 Å². The number of hydrogen-bond donors (Lipinski definition) is 0. The average Bonchev–Trinajstić information content (AvgIpc) is 2.71. The summed E-state index contributed by atoms with van der Waals surface area (Å²) in [5, 5.41) is 0. The summed E-state index contributed by atoms with van der Waals surface area (Å²) in [7, 11) is -2.21. The predicted octanol–water partition coefficient (Wildman–Crippen LogP) is 7.69. The maximum Gasteiger partial charge on any atom is 0.398 e. The van der Waals surface area contributed by atoms with E-state index in [0.29, 0.717) is 0 Å². The molecule has 3 nitrogen and oxygen atoms in total. The van der Waals surface area contributed by atoms with Crippen LogP contribution in [0.5, 0.6) is 5.75 Å². The molecular formula is C24H42O3Si. The van der Waals surface area contributed by atoms with Crippen molar-refractivity contribution in [3.8, 4) is 5.75 Å². The van der Waals surface area contributed by atoms with Gasteiger partial charge in [0, 0.05) is 12.2 Å². The maximum atomic E-state index is 11.4. The summed E-state index contributed by atoms with van der Waals surface area (Å²) in [4.78, 5) is 11.4. The third kappa shape index (κ3) is 9.88. The topological polar surface area (TPSA) is 35.5 Å². The Bertz CT molecular complexity index is 523. The SMILES string of the molecule is CCCCCCCCCCCCO[Si](CC)(CC)Oc1ccc(C(C)=O)cc1. The maximum absolute atomic E-state index is 11.4. The van der Waals surface area contributed by atoms with Gasteiger partial charge in [0.25, 0.3) is 0 Å². The molecule has 0 aliphatic rings. The van der Waals surface area contributed by atoms with E-state index >= 15 is 0 Å². The van der Waals surface area contributed by atoms with Crippen LogP contribution in [0.4, 0.5) is 0 Å². The van der Waals surface area contributed by atoms with E-state index in [1.807, 2.05) is 24.3 Å². The molecular weight excluding hydrogens is 364 g/mol. The largest absolute Gasteiger partial charge is 0.520 e. The quantitative estimate of drug-likeness (QED) is 0.151. The lowest BCUT2D eigenvalue weighted by atomic mass is 10.1. The van der Waals surface area contributed by atoms with Crippen molar-refractivity contribution in [1.29, 1.82) is 0 Å². The molecule has 0 saturated carbocycles. The van der Waals surface area contributed by atoms with Crippen molar-refractivity contribution < 1.29 is 13.6 Å². The Labute approximate surface area is 174 Å². The van der Waals surface area contributed by atoms with E-state index in [2.05, 4.69) is 20.8 Å². The van der Waals surface area contributed by atoms with Crippen LogP contribution < -0.4 is 4.43 Å². The van der Waals surface area contributed by atoms with Crippen LogP contribution in [0.3, 0.4) is 0 Å². The first-order valence-corrected chi connectivity index (χ1v) is 13.7. The normalized spacial score (nSPS) is 11.6. The van der Waals surface area contributed by atoms with Crippen molar-refractivity contribution in [3.05, 3.63) is 29.8 Å². The Morgan fingerprint density at radius 2 is 1.29 bits per heavy atom. The van der Waals surface area contributed by atoms with E-state index in [4.69, 9.17) is 8.85 Å². The minimum Gasteiger partial charge on any atom is -0.520 e. The van der Waals surface area contributed by atoms with Crippen molar-refractivity contribution in [2.24, 2.45) is 0 Å². The zero-order valence-electron chi connectivity index (χ0n) is 18.7. The highest BCUT2D eigenvalue weighted by atomic mass is 28.4. The molecule has 28 heavy (non-hydrogen) atoms. The molecule has 1 rings (SSSR count). The van der Waals surface area contributed by atoms with Crippen molar-refractivity contribution >= 4 is 14.3 Å². The standard InChI is InChI=1S/C24H42O3Si/c1-5-8-9-10-11-12-13-14-15-16-21-26-28(6-2,7-3)27-24-19-17-23(18-20-24)22(4)25/h17-20H,5-16,21H2,1-4H3. The van der Waals surface area contributed by atoms with E-state index in [-0.39, 0.29) is 5.78 Å². The Morgan fingerprint density at radius 1 is 0.786 bits per heavy atom. The van der Waals surface area contributed by atoms with Crippen LogP contribution >= 0.6 is 0 Å². The molecule has 0 bridgehead atoms. The van der Waals surface area contributed by atoms with Crippen molar-refractivity contribution in [2.75, 3.05) is 6.61 Å². The number of carbonyl (C=O) groups excluding carboxylic acids is 1. The second-order valence-corrected chi connectivity index (χ2v) is 11.6. The van der Waals surface area contributed by atoms with Gasteiger partial charge < -0.3 is 8.85 Å². The van der Waals surface area contributed by atoms with Gasteiger partial charge in [-0.25, -0.2) is 0 Å². The first kappa shape index (κ1) is 24.9. The minimum atomic E-state index is -2.21. The second kappa shape index (κ2) is 14.8. The molecule has 0 radical (unpaired) electrons. The number of carbonyl (C=O) groups is 1. The predicted molar refractivity (Wildman–Crippen MR) is 122 cm³/mol. The van der Waals surface area contributed by atoms with Gasteiger partial charge in [-0.2, -0.15) is 0 Å². The summed E-state index contributed by atoms with van der Waals surface area (Å²) >= 11 is 0. The Balaban J connectivity index is 2.27. The molecule has 0 heterocycles. The van der Waals surface area contributed by atoms with Gasteiger partial charge in [0.1, 0.15) is 5.75 Å². The number of ketones is 1. The van der Waals surface area contributed by atoms with Gasteiger partial charge >= 0.3 is 8.56 Å². The Morgan fingerprint density at radius 3 is 1.75 bits per heavy atom. The van der Waals surface area contributed by atoms with Gasteiger partial charge in [-0.3, -0.25) is 4.79 Å². The lowest BCUT2D eigenvalue weighted by molar-refractivity contribution is 0.101. The van der Waals surface area contributed by atoms with Crippen LogP contribution in [0.1, 0.15) is 102 Å². The molecule has 0 amide bonds. The van der Waals surface area contributed by atoms with Crippen LogP contribution in [0, 0.1) is 0 Å². The molecule has 0 spiro atoms. The number of unbranched alkanes of at least 4 members (excludes halogenated alkanes) is 9. The van der Waals surface area contributed by atoms with Gasteiger partial charge in [-0.1, -0.05) is 78.6 Å². The fourth-order valence-electron chi connectivity index (χ4n) is 3.45. The third-order valence-corrected chi connectivity index (χ3v) is 9.00. The van der Waals surface area contributed by atoms with Gasteiger partial charge in [-0.05, 0) is 49.7 Å². The van der Waals surface area contributed by atoms with E-state index in [0.717, 1.165) is 36.4 Å². The summed E-state index contributed by atoms with van der Waals surface area (Å²) in [6.45, 7) is 8.99. The molecule has 160 valence electrons. The van der Waals surface area contributed by atoms with Crippen LogP contribution in [-0.4, -0.2) is 21.0 Å². The molecule has 0 aromatic heterocycles. The second-order valence-electron chi connectivity index (χ2n) is 7.83. The van der Waals surface area contributed by atoms with E-state index in [9.17, 15) is 4.79 Å². The lowest BCUT2D eigenvalue weighted by Gasteiger charge is -2.29. The summed E-state index contributed by atoms with van der Waals surface area (Å²) in [5.74, 6) is 0.904. The molecule has 0 fully saturated rings. The monoisotopic (exact) mass is 406 g/mol. The Kier molecular flexibility index (Phi) is 13.2.